The van der Waals surface area contributed by atoms with Gasteiger partial charge in [0.05, 0.1) is 6.07 Å². The Hall–Kier alpha value is -0.510. The van der Waals surface area contributed by atoms with Crippen molar-refractivity contribution in [3.05, 3.63) is 0 Å². The second kappa shape index (κ2) is 5.62. The molecule has 0 bridgehead atoms. The molecule has 0 aliphatic rings. The zero-order valence-corrected chi connectivity index (χ0v) is 6.35. The van der Waals surface area contributed by atoms with Crippen LogP contribution in [0.3, 0.4) is 0 Å². The minimum atomic E-state index is 0.723. The highest BCUT2D eigenvalue weighted by atomic mass is 14.2. The molecule has 0 unspecified atom stereocenters. The van der Waals surface area contributed by atoms with Gasteiger partial charge in [0, 0.05) is 6.42 Å². The first-order chi connectivity index (χ1) is 4.31. The number of nitrogens with zero attached hydrogens (tertiary/aromatic N) is 1. The van der Waals surface area contributed by atoms with E-state index in [9.17, 15) is 0 Å². The third kappa shape index (κ3) is 5.36. The van der Waals surface area contributed by atoms with Crippen molar-refractivity contribution in [1.82, 2.24) is 0 Å². The first kappa shape index (κ1) is 8.49. The van der Waals surface area contributed by atoms with Gasteiger partial charge >= 0.3 is 0 Å². The highest BCUT2D eigenvalue weighted by Crippen LogP contribution is 2.10. The zero-order chi connectivity index (χ0) is 7.11. The summed E-state index contributed by atoms with van der Waals surface area (Å²) < 4.78 is 0. The van der Waals surface area contributed by atoms with Crippen LogP contribution in [-0.4, -0.2) is 0 Å². The van der Waals surface area contributed by atoms with Crippen molar-refractivity contribution in [2.75, 3.05) is 0 Å². The lowest BCUT2D eigenvalue weighted by molar-refractivity contribution is 0.493. The maximum Gasteiger partial charge on any atom is 0.0621 e. The second-order valence-electron chi connectivity index (χ2n) is 2.59. The van der Waals surface area contributed by atoms with Crippen LogP contribution < -0.4 is 0 Å². The van der Waals surface area contributed by atoms with Crippen molar-refractivity contribution < 1.29 is 0 Å². The molecule has 0 aromatic rings. The molecule has 1 atom stereocenters. The molecule has 0 rings (SSSR count). The van der Waals surface area contributed by atoms with Crippen molar-refractivity contribution in [3.63, 3.8) is 0 Å². The fourth-order valence-electron chi connectivity index (χ4n) is 0.948. The SMILES string of the molecule is CCC[C@@H](C)CCC#N. The monoisotopic (exact) mass is 125 g/mol. The molecule has 0 radical (unpaired) electrons. The Morgan fingerprint density at radius 2 is 2.11 bits per heavy atom. The summed E-state index contributed by atoms with van der Waals surface area (Å²) in [4.78, 5) is 0. The normalized spacial score (nSPS) is 12.6. The van der Waals surface area contributed by atoms with E-state index in [0.717, 1.165) is 18.8 Å². The molecule has 0 heterocycles. The Bertz CT molecular complexity index is 91.2. The van der Waals surface area contributed by atoms with Crippen LogP contribution in [-0.2, 0) is 0 Å². The van der Waals surface area contributed by atoms with Crippen LogP contribution in [0.2, 0.25) is 0 Å². The summed E-state index contributed by atoms with van der Waals surface area (Å²) in [6.45, 7) is 4.39. The van der Waals surface area contributed by atoms with E-state index in [1.165, 1.54) is 12.8 Å². The summed E-state index contributed by atoms with van der Waals surface area (Å²) in [5.41, 5.74) is 0. The molecule has 9 heavy (non-hydrogen) atoms. The van der Waals surface area contributed by atoms with Crippen molar-refractivity contribution >= 4 is 0 Å². The average molecular weight is 125 g/mol. The van der Waals surface area contributed by atoms with E-state index in [1.807, 2.05) is 0 Å². The van der Waals surface area contributed by atoms with Gasteiger partial charge in [-0.1, -0.05) is 26.7 Å². The maximum absolute atomic E-state index is 8.23. The number of hydrogen-bond donors (Lipinski definition) is 0. The van der Waals surface area contributed by atoms with Gasteiger partial charge in [-0.15, -0.1) is 0 Å². The Morgan fingerprint density at radius 1 is 1.44 bits per heavy atom. The van der Waals surface area contributed by atoms with Crippen molar-refractivity contribution in [2.24, 2.45) is 5.92 Å². The molecule has 1 heteroatoms. The average Bonchev–Trinajstić information content (AvgIpc) is 1.85. The molecule has 0 N–H and O–H groups in total. The molecule has 0 spiro atoms. The molecule has 0 amide bonds. The van der Waals surface area contributed by atoms with Gasteiger partial charge in [0.2, 0.25) is 0 Å². The van der Waals surface area contributed by atoms with E-state index in [1.54, 1.807) is 0 Å². The van der Waals surface area contributed by atoms with Crippen LogP contribution in [0.5, 0.6) is 0 Å². The van der Waals surface area contributed by atoms with E-state index >= 15 is 0 Å². The predicted molar refractivity (Wildman–Crippen MR) is 38.9 cm³/mol. The lowest BCUT2D eigenvalue weighted by Gasteiger charge is -2.04. The van der Waals surface area contributed by atoms with Crippen molar-refractivity contribution in [1.29, 1.82) is 5.26 Å². The lowest BCUT2D eigenvalue weighted by atomic mass is 10.0. The molecule has 52 valence electrons. The third-order valence-electron chi connectivity index (χ3n) is 1.53. The fraction of sp³-hybridized carbons (Fsp3) is 0.875. The third-order valence-corrected chi connectivity index (χ3v) is 1.53. The molecule has 0 aliphatic heterocycles. The second-order valence-corrected chi connectivity index (χ2v) is 2.59. The quantitative estimate of drug-likeness (QED) is 0.566. The van der Waals surface area contributed by atoms with E-state index in [4.69, 9.17) is 5.26 Å². The number of rotatable bonds is 4. The summed E-state index contributed by atoms with van der Waals surface area (Å²) in [6, 6.07) is 2.16. The Kier molecular flexibility index (Phi) is 5.30. The predicted octanol–water partition coefficient (Wildman–Crippen LogP) is 2.73. The van der Waals surface area contributed by atoms with Gasteiger partial charge < -0.3 is 0 Å². The van der Waals surface area contributed by atoms with Gasteiger partial charge in [-0.2, -0.15) is 5.26 Å². The first-order valence-electron chi connectivity index (χ1n) is 3.68. The van der Waals surface area contributed by atoms with Crippen LogP contribution >= 0.6 is 0 Å². The molecule has 0 saturated carbocycles. The highest BCUT2D eigenvalue weighted by molar-refractivity contribution is 4.70. The van der Waals surface area contributed by atoms with Crippen LogP contribution in [0.25, 0.3) is 0 Å². The molecule has 0 fully saturated rings. The molecule has 1 nitrogen and oxygen atoms in total. The van der Waals surface area contributed by atoms with Crippen molar-refractivity contribution in [3.8, 4) is 6.07 Å². The van der Waals surface area contributed by atoms with Gasteiger partial charge in [-0.3, -0.25) is 0 Å². The largest absolute Gasteiger partial charge is 0.198 e. The van der Waals surface area contributed by atoms with Gasteiger partial charge in [-0.25, -0.2) is 0 Å². The molecule has 0 saturated heterocycles. The topological polar surface area (TPSA) is 23.8 Å². The van der Waals surface area contributed by atoms with Gasteiger partial charge in [0.25, 0.3) is 0 Å². The van der Waals surface area contributed by atoms with Gasteiger partial charge in [-0.05, 0) is 12.3 Å². The highest BCUT2D eigenvalue weighted by Gasteiger charge is 1.97. The van der Waals surface area contributed by atoms with Crippen LogP contribution in [0.4, 0.5) is 0 Å². The van der Waals surface area contributed by atoms with Crippen LogP contribution in [0.1, 0.15) is 39.5 Å². The van der Waals surface area contributed by atoms with Crippen LogP contribution in [0, 0.1) is 17.2 Å². The molecule has 0 aromatic heterocycles. The van der Waals surface area contributed by atoms with Gasteiger partial charge in [0.1, 0.15) is 0 Å². The summed E-state index contributed by atoms with van der Waals surface area (Å²) in [7, 11) is 0. The minimum absolute atomic E-state index is 0.723. The van der Waals surface area contributed by atoms with Crippen molar-refractivity contribution in [2.45, 2.75) is 39.5 Å². The van der Waals surface area contributed by atoms with E-state index in [2.05, 4.69) is 19.9 Å². The molecule has 0 aliphatic carbocycles. The standard InChI is InChI=1S/C8H15N/c1-3-5-8(2)6-4-7-9/h8H,3-6H2,1-2H3/t8-/m1/s1. The fourth-order valence-corrected chi connectivity index (χ4v) is 0.948. The number of nitriles is 1. The first-order valence-corrected chi connectivity index (χ1v) is 3.68. The Labute approximate surface area is 57.7 Å². The van der Waals surface area contributed by atoms with E-state index in [-0.39, 0.29) is 0 Å². The maximum atomic E-state index is 8.23. The Morgan fingerprint density at radius 3 is 2.56 bits per heavy atom. The molecular weight excluding hydrogens is 110 g/mol. The van der Waals surface area contributed by atoms with E-state index < -0.39 is 0 Å². The lowest BCUT2D eigenvalue weighted by Crippen LogP contribution is -1.91. The molecular formula is C8H15N. The summed E-state index contributed by atoms with van der Waals surface area (Å²) in [6.07, 6.45) is 4.31. The Balaban J connectivity index is 3.07. The summed E-state index contributed by atoms with van der Waals surface area (Å²) in [5, 5.41) is 8.23. The minimum Gasteiger partial charge on any atom is -0.198 e. The summed E-state index contributed by atoms with van der Waals surface area (Å²) in [5.74, 6) is 0.745. The smallest absolute Gasteiger partial charge is 0.0621 e. The van der Waals surface area contributed by atoms with E-state index in [0.29, 0.717) is 0 Å². The molecule has 0 aromatic carbocycles. The summed E-state index contributed by atoms with van der Waals surface area (Å²) >= 11 is 0. The van der Waals surface area contributed by atoms with Gasteiger partial charge in [0.15, 0.2) is 0 Å². The number of hydrogen-bond acceptors (Lipinski definition) is 1. The van der Waals surface area contributed by atoms with Crippen LogP contribution in [0.15, 0.2) is 0 Å². The zero-order valence-electron chi connectivity index (χ0n) is 6.35.